The largest absolute Gasteiger partial charge is 0.244 e. The van der Waals surface area contributed by atoms with Crippen molar-refractivity contribution in [1.29, 1.82) is 0 Å². The normalized spacial score (nSPS) is 15.2. The lowest BCUT2D eigenvalue weighted by Crippen LogP contribution is -2.22. The molecule has 2 nitrogen and oxygen atoms in total. The second-order valence-corrected chi connectivity index (χ2v) is 8.73. The summed E-state index contributed by atoms with van der Waals surface area (Å²) < 4.78 is 0. The smallest absolute Gasteiger partial charge is 0.0965 e. The van der Waals surface area contributed by atoms with Gasteiger partial charge in [0.2, 0.25) is 6.17 Å². The predicted molar refractivity (Wildman–Crippen MR) is 129 cm³/mol. The molecule has 0 saturated carbocycles. The highest BCUT2D eigenvalue weighted by Gasteiger charge is 2.35. The third kappa shape index (κ3) is 9.65. The van der Waals surface area contributed by atoms with Crippen molar-refractivity contribution in [2.75, 3.05) is 0 Å². The molecule has 160 valence electrons. The predicted octanol–water partition coefficient (Wildman–Crippen LogP) is 8.22. The summed E-state index contributed by atoms with van der Waals surface area (Å²) in [6.07, 6.45) is 23.5. The highest BCUT2D eigenvalue weighted by molar-refractivity contribution is 6.18. The zero-order valence-corrected chi connectivity index (χ0v) is 19.0. The molecule has 0 aliphatic carbocycles. The van der Waals surface area contributed by atoms with Crippen molar-refractivity contribution in [2.24, 2.45) is 21.8 Å². The van der Waals surface area contributed by atoms with E-state index < -0.39 is 0 Å². The zero-order valence-electron chi connectivity index (χ0n) is 19.0. The molecule has 2 atom stereocenters. The van der Waals surface area contributed by atoms with Crippen LogP contribution in [0, 0.1) is 18.0 Å². The maximum absolute atomic E-state index is 4.65. The van der Waals surface area contributed by atoms with E-state index in [-0.39, 0.29) is 0 Å². The van der Waals surface area contributed by atoms with Gasteiger partial charge in [0.15, 0.2) is 12.4 Å². The van der Waals surface area contributed by atoms with Crippen molar-refractivity contribution in [3.8, 4) is 0 Å². The first-order chi connectivity index (χ1) is 14.3. The van der Waals surface area contributed by atoms with Gasteiger partial charge in [-0.2, -0.15) is 0 Å². The summed E-state index contributed by atoms with van der Waals surface area (Å²) in [6, 6.07) is 11.0. The molecule has 0 aromatic heterocycles. The summed E-state index contributed by atoms with van der Waals surface area (Å²) in [5.41, 5.74) is 1.46. The summed E-state index contributed by atoms with van der Waals surface area (Å²) in [5, 5.41) is 0. The van der Waals surface area contributed by atoms with E-state index in [1.807, 2.05) is 12.4 Å². The van der Waals surface area contributed by atoms with E-state index in [0.29, 0.717) is 11.8 Å². The standard InChI is InChI=1S/C27H43N2/c1-3-5-7-8-9-10-11-16-20-26(27-28-21-22-29-27)25(19-13-6-4-2)23-24-17-14-12-15-18-24/h12,14-15,17-18,21-22,25-26H,3-11,13,16,19-20,23H2,1-2H3/q+1. The summed E-state index contributed by atoms with van der Waals surface area (Å²) in [6.45, 7) is 4.59. The first-order valence-electron chi connectivity index (χ1n) is 12.3. The Balaban J connectivity index is 1.90. The Morgan fingerprint density at radius 1 is 0.690 bits per heavy atom. The number of benzene rings is 1. The van der Waals surface area contributed by atoms with E-state index in [2.05, 4.69) is 54.2 Å². The lowest BCUT2D eigenvalue weighted by atomic mass is 9.78. The molecule has 0 amide bonds. The van der Waals surface area contributed by atoms with Gasteiger partial charge in [-0.05, 0) is 30.7 Å². The van der Waals surface area contributed by atoms with Crippen molar-refractivity contribution < 1.29 is 0 Å². The van der Waals surface area contributed by atoms with Crippen LogP contribution in [0.2, 0.25) is 0 Å². The molecule has 0 fully saturated rings. The van der Waals surface area contributed by atoms with Gasteiger partial charge in [-0.25, -0.2) is 0 Å². The Morgan fingerprint density at radius 3 is 1.90 bits per heavy atom. The summed E-state index contributed by atoms with van der Waals surface area (Å²) in [4.78, 5) is 9.29. The van der Waals surface area contributed by atoms with Crippen molar-refractivity contribution in [1.82, 2.24) is 0 Å². The molecular formula is C27H43N2+. The van der Waals surface area contributed by atoms with Gasteiger partial charge in [0.1, 0.15) is 0 Å². The topological polar surface area (TPSA) is 24.7 Å². The molecule has 0 saturated heterocycles. The van der Waals surface area contributed by atoms with E-state index >= 15 is 0 Å². The first kappa shape index (κ1) is 23.7. The third-order valence-electron chi connectivity index (χ3n) is 6.27. The molecule has 0 radical (unpaired) electrons. The zero-order chi connectivity index (χ0) is 20.6. The van der Waals surface area contributed by atoms with Crippen molar-refractivity contribution in [3.05, 3.63) is 42.1 Å². The summed E-state index contributed by atoms with van der Waals surface area (Å²) >= 11 is 0. The Labute approximate surface area is 180 Å². The van der Waals surface area contributed by atoms with Crippen LogP contribution < -0.4 is 0 Å². The number of hydrogen-bond donors (Lipinski definition) is 0. The monoisotopic (exact) mass is 395 g/mol. The Morgan fingerprint density at radius 2 is 1.24 bits per heavy atom. The summed E-state index contributed by atoms with van der Waals surface area (Å²) in [7, 11) is 0. The number of unbranched alkanes of at least 4 members (excludes halogenated alkanes) is 9. The van der Waals surface area contributed by atoms with Gasteiger partial charge >= 0.3 is 0 Å². The van der Waals surface area contributed by atoms with E-state index in [9.17, 15) is 0 Å². The molecule has 2 heteroatoms. The SMILES string of the molecule is CCCCCCCCCCC([C+]1N=CC=N1)C(CCCCC)Cc1ccccc1. The van der Waals surface area contributed by atoms with Crippen LogP contribution in [0.1, 0.15) is 103 Å². The Hall–Kier alpha value is -1.57. The van der Waals surface area contributed by atoms with Gasteiger partial charge in [-0.1, -0.05) is 125 Å². The highest BCUT2D eigenvalue weighted by atomic mass is 15.0. The molecule has 1 heterocycles. The maximum atomic E-state index is 4.65. The van der Waals surface area contributed by atoms with E-state index in [1.165, 1.54) is 89.0 Å². The van der Waals surface area contributed by atoms with E-state index in [4.69, 9.17) is 0 Å². The Bertz CT molecular complexity index is 551. The molecule has 1 aromatic rings. The second kappa shape index (κ2) is 15.3. The molecule has 29 heavy (non-hydrogen) atoms. The van der Waals surface area contributed by atoms with Crippen LogP contribution in [0.4, 0.5) is 0 Å². The quantitative estimate of drug-likeness (QED) is 0.187. The fourth-order valence-corrected chi connectivity index (χ4v) is 4.54. The van der Waals surface area contributed by atoms with Gasteiger partial charge in [0, 0.05) is 0 Å². The van der Waals surface area contributed by atoms with Gasteiger partial charge in [-0.15, -0.1) is 0 Å². The minimum absolute atomic E-state index is 0.502. The molecule has 2 unspecified atom stereocenters. The number of nitrogens with zero attached hydrogens (tertiary/aromatic N) is 2. The molecule has 2 rings (SSSR count). The fourth-order valence-electron chi connectivity index (χ4n) is 4.54. The van der Waals surface area contributed by atoms with Gasteiger partial charge < -0.3 is 0 Å². The van der Waals surface area contributed by atoms with E-state index in [0.717, 1.165) is 12.6 Å². The number of aliphatic imine (C=N–C) groups is 2. The van der Waals surface area contributed by atoms with Gasteiger partial charge in [0.05, 0.1) is 5.92 Å². The Kier molecular flexibility index (Phi) is 12.5. The third-order valence-corrected chi connectivity index (χ3v) is 6.27. The van der Waals surface area contributed by atoms with Gasteiger partial charge in [0.25, 0.3) is 0 Å². The molecule has 1 aliphatic heterocycles. The van der Waals surface area contributed by atoms with Crippen LogP contribution in [-0.4, -0.2) is 12.4 Å². The average Bonchev–Trinajstić information content (AvgIpc) is 3.27. The minimum atomic E-state index is 0.502. The van der Waals surface area contributed by atoms with Crippen molar-refractivity contribution in [2.45, 2.75) is 104 Å². The highest BCUT2D eigenvalue weighted by Crippen LogP contribution is 2.36. The van der Waals surface area contributed by atoms with Gasteiger partial charge in [-0.3, -0.25) is 0 Å². The van der Waals surface area contributed by atoms with Crippen LogP contribution >= 0.6 is 0 Å². The average molecular weight is 396 g/mol. The number of rotatable bonds is 17. The first-order valence-corrected chi connectivity index (χ1v) is 12.3. The molecule has 0 bridgehead atoms. The maximum Gasteiger partial charge on any atom is 0.244 e. The number of hydrogen-bond acceptors (Lipinski definition) is 2. The summed E-state index contributed by atoms with van der Waals surface area (Å²) in [5.74, 6) is 1.15. The van der Waals surface area contributed by atoms with Crippen molar-refractivity contribution >= 4 is 12.4 Å². The lowest BCUT2D eigenvalue weighted by molar-refractivity contribution is 0.285. The van der Waals surface area contributed by atoms with Crippen LogP contribution in [0.3, 0.4) is 0 Å². The van der Waals surface area contributed by atoms with E-state index in [1.54, 1.807) is 0 Å². The minimum Gasteiger partial charge on any atom is -0.0965 e. The molecular weight excluding hydrogens is 352 g/mol. The van der Waals surface area contributed by atoms with Crippen molar-refractivity contribution in [3.63, 3.8) is 0 Å². The van der Waals surface area contributed by atoms with Crippen LogP contribution in [-0.2, 0) is 6.42 Å². The van der Waals surface area contributed by atoms with Crippen LogP contribution in [0.25, 0.3) is 0 Å². The molecule has 1 aliphatic rings. The fraction of sp³-hybridized carbons (Fsp3) is 0.667. The van der Waals surface area contributed by atoms with Crippen LogP contribution in [0.5, 0.6) is 0 Å². The van der Waals surface area contributed by atoms with Crippen LogP contribution in [0.15, 0.2) is 40.3 Å². The molecule has 0 N–H and O–H groups in total. The molecule has 1 aromatic carbocycles. The second-order valence-electron chi connectivity index (χ2n) is 8.73. The molecule has 0 spiro atoms. The lowest BCUT2D eigenvalue weighted by Gasteiger charge is -2.26.